The molecule has 1 amide bonds. The second-order valence-electron chi connectivity index (χ2n) is 9.28. The molecule has 1 heterocycles. The molecule has 0 radical (unpaired) electrons. The molecule has 4 fully saturated rings. The average Bonchev–Trinajstić information content (AvgIpc) is 2.99. The fraction of sp³-hybridized carbons (Fsp3) is 0.591. The number of hydrogen-bond donors (Lipinski definition) is 1. The monoisotopic (exact) mass is 398 g/mol. The molecule has 0 aliphatic heterocycles. The van der Waals surface area contributed by atoms with Crippen LogP contribution >= 0.6 is 0 Å². The van der Waals surface area contributed by atoms with Gasteiger partial charge < -0.3 is 14.5 Å². The van der Waals surface area contributed by atoms with Crippen molar-refractivity contribution >= 4 is 23.0 Å². The molecule has 7 nitrogen and oxygen atoms in total. The Balaban J connectivity index is 1.13. The normalized spacial score (nSPS) is 29.9. The summed E-state index contributed by atoms with van der Waals surface area (Å²) >= 11 is 0. The van der Waals surface area contributed by atoms with E-state index >= 15 is 0 Å². The number of aromatic nitrogens is 1. The van der Waals surface area contributed by atoms with Crippen LogP contribution in [0.15, 0.2) is 33.5 Å². The maximum atomic E-state index is 12.2. The van der Waals surface area contributed by atoms with E-state index in [-0.39, 0.29) is 24.5 Å². The van der Waals surface area contributed by atoms with Gasteiger partial charge in [0, 0.05) is 6.54 Å². The Labute approximate surface area is 168 Å². The highest BCUT2D eigenvalue weighted by Gasteiger charge is 2.50. The summed E-state index contributed by atoms with van der Waals surface area (Å²) in [6.07, 6.45) is 7.76. The van der Waals surface area contributed by atoms with Gasteiger partial charge in [0.25, 0.3) is 5.91 Å². The smallest absolute Gasteiger partial charge is 0.420 e. The Morgan fingerprint density at radius 2 is 1.76 bits per heavy atom. The van der Waals surface area contributed by atoms with Gasteiger partial charge in [0.15, 0.2) is 12.2 Å². The highest BCUT2D eigenvalue weighted by molar-refractivity contribution is 5.81. The van der Waals surface area contributed by atoms with E-state index in [0.717, 1.165) is 17.8 Å². The molecule has 29 heavy (non-hydrogen) atoms. The van der Waals surface area contributed by atoms with Gasteiger partial charge in [-0.05, 0) is 73.8 Å². The van der Waals surface area contributed by atoms with E-state index in [0.29, 0.717) is 17.6 Å². The molecule has 2 aromatic rings. The standard InChI is InChI=1S/C22H26N2O5/c25-19(23-13-22-8-14-5-15(9-22)7-16(6-14)10-22)12-28-20(26)11-24-17-3-1-2-4-18(17)29-21(24)27/h1-4,14-16H,5-13H2,(H,23,25). The molecule has 0 unspecified atom stereocenters. The summed E-state index contributed by atoms with van der Waals surface area (Å²) in [5, 5.41) is 2.99. The lowest BCUT2D eigenvalue weighted by Gasteiger charge is -2.56. The number of carbonyl (C=O) groups is 2. The number of nitrogens with zero attached hydrogens (tertiary/aromatic N) is 1. The number of rotatable bonds is 6. The minimum absolute atomic E-state index is 0.247. The van der Waals surface area contributed by atoms with E-state index in [2.05, 4.69) is 5.32 Å². The van der Waals surface area contributed by atoms with Gasteiger partial charge in [0.05, 0.1) is 5.52 Å². The molecule has 1 aromatic carbocycles. The predicted octanol–water partition coefficient (Wildman–Crippen LogP) is 2.47. The first-order valence-corrected chi connectivity index (χ1v) is 10.5. The number of nitrogens with one attached hydrogen (secondary N) is 1. The topological polar surface area (TPSA) is 90.5 Å². The number of carbonyl (C=O) groups excluding carboxylic acids is 2. The molecular weight excluding hydrogens is 372 g/mol. The van der Waals surface area contributed by atoms with Crippen molar-refractivity contribution < 1.29 is 18.7 Å². The predicted molar refractivity (Wildman–Crippen MR) is 105 cm³/mol. The minimum Gasteiger partial charge on any atom is -0.454 e. The maximum Gasteiger partial charge on any atom is 0.420 e. The zero-order valence-corrected chi connectivity index (χ0v) is 16.4. The molecule has 6 rings (SSSR count). The molecule has 1 N–H and O–H groups in total. The number of amides is 1. The molecule has 7 heteroatoms. The molecule has 0 atom stereocenters. The van der Waals surface area contributed by atoms with Gasteiger partial charge in [-0.2, -0.15) is 0 Å². The number of oxazole rings is 1. The fourth-order valence-corrected chi connectivity index (χ4v) is 6.33. The van der Waals surface area contributed by atoms with E-state index in [1.807, 2.05) is 0 Å². The SMILES string of the molecule is O=C(COC(=O)Cn1c(=O)oc2ccccc21)NCC12CC3CC(CC(C3)C1)C2. The van der Waals surface area contributed by atoms with Gasteiger partial charge in [-0.25, -0.2) is 4.79 Å². The average molecular weight is 398 g/mol. The third-order valence-electron chi connectivity index (χ3n) is 7.05. The second kappa shape index (κ2) is 7.04. The van der Waals surface area contributed by atoms with Crippen LogP contribution in [-0.2, 0) is 20.9 Å². The molecule has 0 spiro atoms. The van der Waals surface area contributed by atoms with Gasteiger partial charge in [-0.1, -0.05) is 12.1 Å². The van der Waals surface area contributed by atoms with Crippen LogP contribution in [0.4, 0.5) is 0 Å². The van der Waals surface area contributed by atoms with Crippen molar-refractivity contribution in [2.24, 2.45) is 23.2 Å². The summed E-state index contributed by atoms with van der Waals surface area (Å²) in [4.78, 5) is 36.3. The van der Waals surface area contributed by atoms with Gasteiger partial charge in [-0.3, -0.25) is 14.2 Å². The second-order valence-corrected chi connectivity index (χ2v) is 9.28. The Morgan fingerprint density at radius 3 is 2.45 bits per heavy atom. The van der Waals surface area contributed by atoms with Crippen LogP contribution < -0.4 is 11.1 Å². The first-order valence-electron chi connectivity index (χ1n) is 10.5. The number of para-hydroxylation sites is 2. The van der Waals surface area contributed by atoms with Crippen LogP contribution in [0.1, 0.15) is 38.5 Å². The van der Waals surface area contributed by atoms with Crippen LogP contribution in [0, 0.1) is 23.2 Å². The molecule has 4 aliphatic rings. The Kier molecular flexibility index (Phi) is 4.48. The largest absolute Gasteiger partial charge is 0.454 e. The van der Waals surface area contributed by atoms with E-state index in [1.165, 1.54) is 43.1 Å². The summed E-state index contributed by atoms with van der Waals surface area (Å²) < 4.78 is 11.4. The summed E-state index contributed by atoms with van der Waals surface area (Å²) in [7, 11) is 0. The van der Waals surface area contributed by atoms with Crippen molar-refractivity contribution in [3.8, 4) is 0 Å². The summed E-state index contributed by atoms with van der Waals surface area (Å²) in [6, 6.07) is 6.88. The fourth-order valence-electron chi connectivity index (χ4n) is 6.33. The van der Waals surface area contributed by atoms with E-state index < -0.39 is 11.7 Å². The van der Waals surface area contributed by atoms with Crippen LogP contribution in [0.3, 0.4) is 0 Å². The van der Waals surface area contributed by atoms with Crippen molar-refractivity contribution in [2.75, 3.05) is 13.2 Å². The Bertz CT molecular complexity index is 969. The van der Waals surface area contributed by atoms with Crippen LogP contribution in [0.5, 0.6) is 0 Å². The lowest BCUT2D eigenvalue weighted by atomic mass is 9.49. The molecule has 4 bridgehead atoms. The molecule has 4 saturated carbocycles. The maximum absolute atomic E-state index is 12.2. The lowest BCUT2D eigenvalue weighted by molar-refractivity contribution is -0.149. The third kappa shape index (κ3) is 3.58. The van der Waals surface area contributed by atoms with Gasteiger partial charge >= 0.3 is 11.7 Å². The van der Waals surface area contributed by atoms with Crippen LogP contribution in [0.2, 0.25) is 0 Å². The first kappa shape index (κ1) is 18.5. The molecule has 1 aromatic heterocycles. The summed E-state index contributed by atoms with van der Waals surface area (Å²) in [6.45, 7) is 0.0759. The van der Waals surface area contributed by atoms with E-state index in [4.69, 9.17) is 9.15 Å². The number of ether oxygens (including phenoxy) is 1. The number of fused-ring (bicyclic) bond motifs is 1. The van der Waals surface area contributed by atoms with E-state index in [1.54, 1.807) is 24.3 Å². The van der Waals surface area contributed by atoms with Crippen LogP contribution in [0.25, 0.3) is 11.1 Å². The molecule has 154 valence electrons. The quantitative estimate of drug-likeness (QED) is 0.755. The van der Waals surface area contributed by atoms with Crippen molar-refractivity contribution in [1.29, 1.82) is 0 Å². The third-order valence-corrected chi connectivity index (χ3v) is 7.05. The lowest BCUT2D eigenvalue weighted by Crippen LogP contribution is -2.51. The van der Waals surface area contributed by atoms with Crippen molar-refractivity contribution in [1.82, 2.24) is 9.88 Å². The van der Waals surface area contributed by atoms with Crippen molar-refractivity contribution in [3.63, 3.8) is 0 Å². The number of esters is 1. The minimum atomic E-state index is -0.636. The number of hydrogen-bond acceptors (Lipinski definition) is 5. The number of benzene rings is 1. The zero-order valence-electron chi connectivity index (χ0n) is 16.4. The van der Waals surface area contributed by atoms with Gasteiger partial charge in [0.2, 0.25) is 0 Å². The van der Waals surface area contributed by atoms with E-state index in [9.17, 15) is 14.4 Å². The Morgan fingerprint density at radius 1 is 1.10 bits per heavy atom. The Hall–Kier alpha value is -2.57. The highest BCUT2D eigenvalue weighted by atomic mass is 16.5. The van der Waals surface area contributed by atoms with Crippen molar-refractivity contribution in [2.45, 2.75) is 45.1 Å². The highest BCUT2D eigenvalue weighted by Crippen LogP contribution is 2.59. The first-order chi connectivity index (χ1) is 14.0. The van der Waals surface area contributed by atoms with Gasteiger partial charge in [0.1, 0.15) is 6.54 Å². The van der Waals surface area contributed by atoms with Crippen LogP contribution in [-0.4, -0.2) is 29.6 Å². The van der Waals surface area contributed by atoms with Gasteiger partial charge in [-0.15, -0.1) is 0 Å². The summed E-state index contributed by atoms with van der Waals surface area (Å²) in [5.74, 6) is 0.966. The molecule has 4 aliphatic carbocycles. The van der Waals surface area contributed by atoms with Crippen molar-refractivity contribution in [3.05, 3.63) is 34.8 Å². The zero-order chi connectivity index (χ0) is 20.0. The molecule has 0 saturated heterocycles. The summed E-state index contributed by atoms with van der Waals surface area (Å²) in [5.41, 5.74) is 1.19. The molecular formula is C22H26N2O5.